The minimum Gasteiger partial charge on any atom is -0.384 e. The molecule has 44 valence electrons. The lowest BCUT2D eigenvalue weighted by molar-refractivity contribution is -0.134. The van der Waals surface area contributed by atoms with Gasteiger partial charge in [0.05, 0.1) is 0 Å². The molecule has 0 aromatic carbocycles. The van der Waals surface area contributed by atoms with E-state index in [4.69, 9.17) is 0 Å². The predicted octanol–water partition coefficient (Wildman–Crippen LogP) is 0.785. The van der Waals surface area contributed by atoms with Gasteiger partial charge in [-0.1, -0.05) is 0 Å². The molecule has 1 aliphatic rings. The van der Waals surface area contributed by atoms with Crippen molar-refractivity contribution in [1.29, 1.82) is 0 Å². The maximum absolute atomic E-state index is 10.3. The highest BCUT2D eigenvalue weighted by Crippen LogP contribution is 2.22. The van der Waals surface area contributed by atoms with Gasteiger partial charge in [0.2, 0.25) is 0 Å². The lowest BCUT2D eigenvalue weighted by Crippen LogP contribution is -2.05. The van der Waals surface area contributed by atoms with Gasteiger partial charge in [0.1, 0.15) is 5.25 Å². The molecule has 0 N–H and O–H groups in total. The van der Waals surface area contributed by atoms with Gasteiger partial charge in [-0.3, -0.25) is 4.79 Å². The quantitative estimate of drug-likeness (QED) is 0.361. The Hall–Kier alpha value is -0.510. The molecule has 0 aromatic rings. The molecule has 1 unspecified atom stereocenters. The Labute approximate surface area is 50.4 Å². The van der Waals surface area contributed by atoms with Crippen molar-refractivity contribution in [1.82, 2.24) is 0 Å². The third-order valence-electron chi connectivity index (χ3n) is 0.789. The summed E-state index contributed by atoms with van der Waals surface area (Å²) in [6.07, 6.45) is 0. The molecule has 0 spiro atoms. The second kappa shape index (κ2) is 1.78. The molecule has 0 aliphatic carbocycles. The lowest BCUT2D eigenvalue weighted by atomic mass is 10.5. The van der Waals surface area contributed by atoms with Crippen LogP contribution in [0.25, 0.3) is 0 Å². The molecule has 1 rings (SSSR count). The molecule has 1 atom stereocenters. The molecule has 3 nitrogen and oxygen atoms in total. The van der Waals surface area contributed by atoms with E-state index in [-0.39, 0.29) is 5.25 Å². The van der Waals surface area contributed by atoms with Gasteiger partial charge in [-0.25, -0.2) is 4.79 Å². The molecular formula is C4H4O3S. The zero-order chi connectivity index (χ0) is 6.15. The molecule has 1 saturated heterocycles. The molecule has 8 heavy (non-hydrogen) atoms. The minimum absolute atomic E-state index is 0.303. The fourth-order valence-corrected chi connectivity index (χ4v) is 0.945. The Morgan fingerprint density at radius 2 is 2.25 bits per heavy atom. The summed E-state index contributed by atoms with van der Waals surface area (Å²) < 4.78 is 4.16. The van der Waals surface area contributed by atoms with Crippen molar-refractivity contribution >= 4 is 23.0 Å². The summed E-state index contributed by atoms with van der Waals surface area (Å²) in [5.41, 5.74) is 0. The summed E-state index contributed by atoms with van der Waals surface area (Å²) in [6.45, 7) is 1.64. The van der Waals surface area contributed by atoms with E-state index in [1.165, 1.54) is 0 Å². The second-order valence-corrected chi connectivity index (χ2v) is 2.71. The van der Waals surface area contributed by atoms with E-state index in [9.17, 15) is 9.59 Å². The van der Waals surface area contributed by atoms with Crippen molar-refractivity contribution in [3.63, 3.8) is 0 Å². The zero-order valence-corrected chi connectivity index (χ0v) is 5.03. The van der Waals surface area contributed by atoms with Crippen molar-refractivity contribution in [3.8, 4) is 0 Å². The maximum atomic E-state index is 10.3. The highest BCUT2D eigenvalue weighted by Gasteiger charge is 2.29. The van der Waals surface area contributed by atoms with Crippen LogP contribution in [-0.2, 0) is 9.53 Å². The molecule has 0 bridgehead atoms. The highest BCUT2D eigenvalue weighted by molar-refractivity contribution is 8.14. The fourth-order valence-electron chi connectivity index (χ4n) is 0.382. The summed E-state index contributed by atoms with van der Waals surface area (Å²) >= 11 is 0.918. The Bertz CT molecular complexity index is 142. The van der Waals surface area contributed by atoms with Crippen LogP contribution in [0.1, 0.15) is 6.92 Å². The van der Waals surface area contributed by atoms with E-state index in [0.29, 0.717) is 0 Å². The van der Waals surface area contributed by atoms with Crippen LogP contribution < -0.4 is 0 Å². The Morgan fingerprint density at radius 1 is 1.62 bits per heavy atom. The first-order valence-corrected chi connectivity index (χ1v) is 3.00. The summed E-state index contributed by atoms with van der Waals surface area (Å²) in [5.74, 6) is -0.431. The van der Waals surface area contributed by atoms with Crippen molar-refractivity contribution in [3.05, 3.63) is 0 Å². The summed E-state index contributed by atoms with van der Waals surface area (Å²) in [5, 5.41) is -0.787. The van der Waals surface area contributed by atoms with Gasteiger partial charge in [0.25, 0.3) is 0 Å². The monoisotopic (exact) mass is 132 g/mol. The average molecular weight is 132 g/mol. The Kier molecular flexibility index (Phi) is 1.25. The van der Waals surface area contributed by atoms with E-state index in [0.717, 1.165) is 11.8 Å². The number of carbonyl (C=O) groups excluding carboxylic acids is 2. The van der Waals surface area contributed by atoms with Gasteiger partial charge < -0.3 is 4.74 Å². The van der Waals surface area contributed by atoms with Crippen LogP contribution in [0.3, 0.4) is 0 Å². The molecule has 0 aromatic heterocycles. The molecule has 0 amide bonds. The van der Waals surface area contributed by atoms with Crippen LogP contribution in [0.4, 0.5) is 4.79 Å². The SMILES string of the molecule is CC1SC(=O)OC1=O. The van der Waals surface area contributed by atoms with Crippen LogP contribution in [0.15, 0.2) is 0 Å². The highest BCUT2D eigenvalue weighted by atomic mass is 32.2. The largest absolute Gasteiger partial charge is 0.384 e. The third-order valence-corrected chi connectivity index (χ3v) is 1.61. The first-order chi connectivity index (χ1) is 3.70. The van der Waals surface area contributed by atoms with Crippen LogP contribution in [0.5, 0.6) is 0 Å². The zero-order valence-electron chi connectivity index (χ0n) is 4.21. The minimum atomic E-state index is -0.484. The summed E-state index contributed by atoms with van der Waals surface area (Å²) in [7, 11) is 0. The summed E-state index contributed by atoms with van der Waals surface area (Å²) in [6, 6.07) is 0. The van der Waals surface area contributed by atoms with E-state index in [1.54, 1.807) is 6.92 Å². The van der Waals surface area contributed by atoms with E-state index < -0.39 is 11.3 Å². The van der Waals surface area contributed by atoms with Crippen molar-refractivity contribution in [2.75, 3.05) is 0 Å². The topological polar surface area (TPSA) is 43.4 Å². The predicted molar refractivity (Wildman–Crippen MR) is 28.5 cm³/mol. The molecule has 1 heterocycles. The van der Waals surface area contributed by atoms with Crippen LogP contribution in [-0.4, -0.2) is 16.5 Å². The molecular weight excluding hydrogens is 128 g/mol. The van der Waals surface area contributed by atoms with Gasteiger partial charge in [-0.15, -0.1) is 0 Å². The molecule has 4 heteroatoms. The average Bonchev–Trinajstić information content (AvgIpc) is 1.85. The molecule has 0 radical (unpaired) electrons. The number of thioether (sulfide) groups is 1. The van der Waals surface area contributed by atoms with Crippen molar-refractivity contribution in [2.24, 2.45) is 0 Å². The van der Waals surface area contributed by atoms with Gasteiger partial charge in [0, 0.05) is 0 Å². The van der Waals surface area contributed by atoms with E-state index in [2.05, 4.69) is 4.74 Å². The number of hydrogen-bond donors (Lipinski definition) is 0. The maximum Gasteiger partial charge on any atom is 0.375 e. The first kappa shape index (κ1) is 5.62. The number of cyclic esters (lactones) is 2. The smallest absolute Gasteiger partial charge is 0.375 e. The molecule has 0 saturated carbocycles. The van der Waals surface area contributed by atoms with Gasteiger partial charge in [-0.2, -0.15) is 0 Å². The van der Waals surface area contributed by atoms with Crippen molar-refractivity contribution < 1.29 is 14.3 Å². The Balaban J connectivity index is 2.64. The van der Waals surface area contributed by atoms with Crippen LogP contribution in [0.2, 0.25) is 0 Å². The van der Waals surface area contributed by atoms with Crippen molar-refractivity contribution in [2.45, 2.75) is 12.2 Å². The summed E-state index contributed by atoms with van der Waals surface area (Å²) in [4.78, 5) is 20.5. The second-order valence-electron chi connectivity index (χ2n) is 1.43. The van der Waals surface area contributed by atoms with Crippen LogP contribution in [0, 0.1) is 0 Å². The van der Waals surface area contributed by atoms with Gasteiger partial charge >= 0.3 is 11.3 Å². The number of hydrogen-bond acceptors (Lipinski definition) is 4. The number of ether oxygens (including phenoxy) is 1. The Morgan fingerprint density at radius 3 is 2.38 bits per heavy atom. The number of rotatable bonds is 0. The van der Waals surface area contributed by atoms with E-state index in [1.807, 2.05) is 0 Å². The van der Waals surface area contributed by atoms with Gasteiger partial charge in [0.15, 0.2) is 0 Å². The first-order valence-electron chi connectivity index (χ1n) is 2.12. The normalized spacial score (nSPS) is 28.4. The lowest BCUT2D eigenvalue weighted by Gasteiger charge is -1.85. The van der Waals surface area contributed by atoms with Crippen LogP contribution >= 0.6 is 11.8 Å². The molecule has 1 fully saturated rings. The molecule has 1 aliphatic heterocycles. The van der Waals surface area contributed by atoms with Gasteiger partial charge in [-0.05, 0) is 18.7 Å². The fraction of sp³-hybridized carbons (Fsp3) is 0.500. The van der Waals surface area contributed by atoms with E-state index >= 15 is 0 Å². The third kappa shape index (κ3) is 0.838. The number of carbonyl (C=O) groups is 2. The number of esters is 1. The standard InChI is InChI=1S/C4H4O3S/c1-2-3(5)7-4(6)8-2/h2H,1H3.